The number of carbonyl (C=O) groups excluding carboxylic acids is 1. The van der Waals surface area contributed by atoms with Crippen molar-refractivity contribution in [1.82, 2.24) is 9.71 Å². The number of nitrogens with one attached hydrogen (secondary N) is 2. The maximum Gasteiger partial charge on any atom is 0.234 e. The molecule has 1 unspecified atom stereocenters. The molecule has 0 bridgehead atoms. The second-order valence-electron chi connectivity index (χ2n) is 4.24. The van der Waals surface area contributed by atoms with Crippen molar-refractivity contribution in [3.63, 3.8) is 0 Å². The molecule has 0 aliphatic carbocycles. The van der Waals surface area contributed by atoms with Crippen molar-refractivity contribution in [3.8, 4) is 10.8 Å². The number of aldehydes is 1. The number of benzene rings is 1. The lowest BCUT2D eigenvalue weighted by molar-refractivity contribution is -0.109. The molecule has 138 valence electrons. The van der Waals surface area contributed by atoms with Gasteiger partial charge in [-0.25, -0.2) is 18.3 Å². The smallest absolute Gasteiger partial charge is 0.234 e. The molecule has 0 saturated heterocycles. The summed E-state index contributed by atoms with van der Waals surface area (Å²) in [5, 5.41) is 4.60. The van der Waals surface area contributed by atoms with Gasteiger partial charge in [0.1, 0.15) is 24.5 Å². The fourth-order valence-electron chi connectivity index (χ4n) is 1.43. The van der Waals surface area contributed by atoms with Gasteiger partial charge in [-0.3, -0.25) is 4.18 Å². The minimum absolute atomic E-state index is 0.131. The van der Waals surface area contributed by atoms with E-state index in [1.165, 1.54) is 30.5 Å². The van der Waals surface area contributed by atoms with Crippen LogP contribution in [0.5, 0.6) is 10.8 Å². The number of halogens is 2. The molecule has 2 aromatic rings. The molecule has 1 heterocycles. The lowest BCUT2D eigenvalue weighted by Gasteiger charge is -2.03. The van der Waals surface area contributed by atoms with Crippen LogP contribution in [0, 0.1) is 12.7 Å². The summed E-state index contributed by atoms with van der Waals surface area (Å²) >= 11 is 5.59. The zero-order valence-electron chi connectivity index (χ0n) is 13.7. The van der Waals surface area contributed by atoms with Crippen LogP contribution in [0.1, 0.15) is 5.69 Å². The van der Waals surface area contributed by atoms with Gasteiger partial charge in [0.15, 0.2) is 5.13 Å². The number of nitrogens with zero attached hydrogens (tertiary/aromatic N) is 1. The Labute approximate surface area is 156 Å². The average Bonchev–Trinajstić information content (AvgIpc) is 2.92. The third-order valence-corrected chi connectivity index (χ3v) is 4.38. The largest absolute Gasteiger partial charge is 0.444 e. The Morgan fingerprint density at radius 2 is 2.12 bits per heavy atom. The number of carbonyl (C=O) groups is 1. The first-order valence-corrected chi connectivity index (χ1v) is 9.11. The van der Waals surface area contributed by atoms with E-state index in [9.17, 15) is 13.4 Å². The van der Waals surface area contributed by atoms with E-state index in [1.807, 2.05) is 6.92 Å². The minimum atomic E-state index is -1.51. The lowest BCUT2D eigenvalue weighted by atomic mass is 10.3. The van der Waals surface area contributed by atoms with Crippen LogP contribution in [0.15, 0.2) is 18.2 Å². The molecule has 1 atom stereocenters. The van der Waals surface area contributed by atoms with Crippen LogP contribution in [0.2, 0.25) is 5.02 Å². The number of aryl methyl sites for hydroxylation is 1. The summed E-state index contributed by atoms with van der Waals surface area (Å²) in [4.78, 5) is 13.8. The molecule has 0 saturated carbocycles. The molecule has 1 aromatic carbocycles. The molecule has 0 aliphatic heterocycles. The summed E-state index contributed by atoms with van der Waals surface area (Å²) in [7, 11) is 3.25. The van der Waals surface area contributed by atoms with Gasteiger partial charge in [-0.15, -0.1) is 0 Å². The normalized spacial score (nSPS) is 11.2. The molecule has 2 N–H and O–H groups in total. The fraction of sp³-hybridized carbons (Fsp3) is 0.286. The van der Waals surface area contributed by atoms with E-state index in [0.29, 0.717) is 22.1 Å². The molecule has 0 spiro atoms. The van der Waals surface area contributed by atoms with Gasteiger partial charge in [-0.2, -0.15) is 0 Å². The quantitative estimate of drug-likeness (QED) is 0.683. The molecule has 0 fully saturated rings. The van der Waals surface area contributed by atoms with Crippen molar-refractivity contribution in [2.75, 3.05) is 26.0 Å². The zero-order valence-corrected chi connectivity index (χ0v) is 16.1. The number of hydrogen-bond donors (Lipinski definition) is 2. The molecule has 0 aliphatic rings. The summed E-state index contributed by atoms with van der Waals surface area (Å²) in [6.45, 7) is 1.70. The average molecular weight is 410 g/mol. The number of hydrogen-bond acceptors (Lipinski definition) is 7. The van der Waals surface area contributed by atoms with Gasteiger partial charge in [0.25, 0.3) is 0 Å². The Morgan fingerprint density at radius 1 is 1.40 bits per heavy atom. The Kier molecular flexibility index (Phi) is 9.53. The number of ether oxygens (including phenoxy) is 1. The van der Waals surface area contributed by atoms with Gasteiger partial charge in [-0.1, -0.05) is 22.9 Å². The molecular formula is C14H17ClFN3O4S2. The first-order valence-electron chi connectivity index (χ1n) is 6.84. The van der Waals surface area contributed by atoms with Crippen LogP contribution >= 0.6 is 22.9 Å². The van der Waals surface area contributed by atoms with Crippen LogP contribution in [0.4, 0.5) is 9.52 Å². The minimum Gasteiger partial charge on any atom is -0.444 e. The molecule has 0 amide bonds. The topological polar surface area (TPSA) is 89.5 Å². The van der Waals surface area contributed by atoms with Gasteiger partial charge in [-0.05, 0) is 26.1 Å². The van der Waals surface area contributed by atoms with Crippen LogP contribution in [0.25, 0.3) is 0 Å². The molecule has 25 heavy (non-hydrogen) atoms. The predicted molar refractivity (Wildman–Crippen MR) is 97.1 cm³/mol. The van der Waals surface area contributed by atoms with Crippen LogP contribution in [0.3, 0.4) is 0 Å². The number of anilines is 1. The third-order valence-electron chi connectivity index (χ3n) is 2.42. The van der Waals surface area contributed by atoms with Crippen LogP contribution in [-0.2, 0) is 20.2 Å². The van der Waals surface area contributed by atoms with E-state index in [1.54, 1.807) is 13.1 Å². The fourth-order valence-corrected chi connectivity index (χ4v) is 2.73. The molecule has 7 nitrogen and oxygen atoms in total. The summed E-state index contributed by atoms with van der Waals surface area (Å²) in [5.41, 5.74) is 0.750. The monoisotopic (exact) mass is 409 g/mol. The molecule has 0 radical (unpaired) electrons. The van der Waals surface area contributed by atoms with Gasteiger partial charge < -0.3 is 14.8 Å². The Balaban J connectivity index is 0.000000333. The first kappa shape index (κ1) is 21.5. The van der Waals surface area contributed by atoms with E-state index in [0.717, 1.165) is 10.8 Å². The molecule has 2 rings (SSSR count). The summed E-state index contributed by atoms with van der Waals surface area (Å²) < 4.78 is 35.5. The van der Waals surface area contributed by atoms with E-state index in [2.05, 4.69) is 19.2 Å². The first-order chi connectivity index (χ1) is 11.9. The molecule has 11 heteroatoms. The van der Waals surface area contributed by atoms with Crippen molar-refractivity contribution >= 4 is 45.6 Å². The highest BCUT2D eigenvalue weighted by atomic mass is 35.5. The maximum atomic E-state index is 13.1. The maximum absolute atomic E-state index is 13.1. The van der Waals surface area contributed by atoms with Crippen LogP contribution < -0.4 is 14.8 Å². The van der Waals surface area contributed by atoms with Crippen molar-refractivity contribution in [3.05, 3.63) is 34.7 Å². The Hall–Kier alpha value is -1.59. The third kappa shape index (κ3) is 7.88. The van der Waals surface area contributed by atoms with Gasteiger partial charge >= 0.3 is 0 Å². The summed E-state index contributed by atoms with van der Waals surface area (Å²) in [5.74, 6) is -0.0621. The van der Waals surface area contributed by atoms with Gasteiger partial charge in [0.2, 0.25) is 16.3 Å². The van der Waals surface area contributed by atoms with Crippen molar-refractivity contribution in [2.45, 2.75) is 6.92 Å². The highest BCUT2D eigenvalue weighted by Gasteiger charge is 2.10. The van der Waals surface area contributed by atoms with Gasteiger partial charge in [0.05, 0.1) is 5.69 Å². The van der Waals surface area contributed by atoms with Crippen molar-refractivity contribution in [1.29, 1.82) is 0 Å². The Morgan fingerprint density at radius 3 is 2.64 bits per heavy atom. The summed E-state index contributed by atoms with van der Waals surface area (Å²) in [6, 6.07) is 4.07. The van der Waals surface area contributed by atoms with E-state index >= 15 is 0 Å². The number of thiazole rings is 1. The van der Waals surface area contributed by atoms with Crippen LogP contribution in [-0.4, -0.2) is 36.2 Å². The second-order valence-corrected chi connectivity index (χ2v) is 6.75. The predicted octanol–water partition coefficient (Wildman–Crippen LogP) is 3.08. The highest BCUT2D eigenvalue weighted by Crippen LogP contribution is 2.34. The van der Waals surface area contributed by atoms with Gasteiger partial charge in [0, 0.05) is 18.1 Å². The highest BCUT2D eigenvalue weighted by molar-refractivity contribution is 7.78. The Bertz CT molecular complexity index is 710. The van der Waals surface area contributed by atoms with Crippen molar-refractivity contribution < 1.29 is 22.3 Å². The number of aromatic nitrogens is 1. The van der Waals surface area contributed by atoms with Crippen molar-refractivity contribution in [2.24, 2.45) is 0 Å². The second kappa shape index (κ2) is 11.1. The number of rotatable bonds is 7. The summed E-state index contributed by atoms with van der Waals surface area (Å²) in [6.07, 6.45) is 0.537. The SMILES string of the molecule is CNS(=O)OCC=O.CNc1nc(C)c(Oc2cc(F)cc(Cl)c2)s1. The lowest BCUT2D eigenvalue weighted by Crippen LogP contribution is -2.14. The zero-order chi connectivity index (χ0) is 18.8. The standard InChI is InChI=1S/C11H10ClFN2OS.C3H7NO3S/c1-6-10(17-11(14-2)15-6)16-9-4-7(12)3-8(13)5-9;1-4-8(6)7-3-2-5/h3-5H,1-2H3,(H,14,15);2,4H,3H2,1H3. The molecular weight excluding hydrogens is 393 g/mol. The van der Waals surface area contributed by atoms with E-state index in [-0.39, 0.29) is 6.61 Å². The van der Waals surface area contributed by atoms with E-state index < -0.39 is 17.1 Å². The van der Waals surface area contributed by atoms with E-state index in [4.69, 9.17) is 16.3 Å². The molecule has 1 aromatic heterocycles.